The largest absolute Gasteiger partial charge is 0.507 e. The Morgan fingerprint density at radius 3 is 2.11 bits per heavy atom. The Bertz CT molecular complexity index is 1160. The minimum Gasteiger partial charge on any atom is -0.507 e. The van der Waals surface area contributed by atoms with Crippen molar-refractivity contribution in [3.05, 3.63) is 58.7 Å². The fourth-order valence-corrected chi connectivity index (χ4v) is 5.36. The second-order valence-corrected chi connectivity index (χ2v) is 12.4. The number of nitrogens with zero attached hydrogens (tertiary/aromatic N) is 1. The van der Waals surface area contributed by atoms with E-state index >= 15 is 0 Å². The average molecular weight is 587 g/mol. The van der Waals surface area contributed by atoms with E-state index in [4.69, 9.17) is 5.41 Å². The molecule has 0 aliphatic carbocycles. The summed E-state index contributed by atoms with van der Waals surface area (Å²) >= 11 is 0. The van der Waals surface area contributed by atoms with Gasteiger partial charge in [0.15, 0.2) is 5.78 Å². The van der Waals surface area contributed by atoms with Crippen LogP contribution in [0.25, 0.3) is 0 Å². The summed E-state index contributed by atoms with van der Waals surface area (Å²) in [6.07, 6.45) is 1.90. The summed E-state index contributed by atoms with van der Waals surface area (Å²) in [6.45, 7) is 16.5. The normalized spacial score (nSPS) is 17.8. The van der Waals surface area contributed by atoms with Crippen molar-refractivity contribution < 1.29 is 14.7 Å². The van der Waals surface area contributed by atoms with Gasteiger partial charge >= 0.3 is 0 Å². The van der Waals surface area contributed by atoms with E-state index in [-0.39, 0.29) is 63.6 Å². The van der Waals surface area contributed by atoms with E-state index in [1.165, 1.54) is 6.92 Å². The minimum absolute atomic E-state index is 0. The van der Waals surface area contributed by atoms with Gasteiger partial charge in [-0.15, -0.1) is 17.0 Å². The SMILES string of the molecule is Br.CCCC1CN(CC(=O)c2cc(C(C)(C)C)c(O)c(C(C)(C)C)c2)C(=N)C1c1ccccc1NC(C)=O. The van der Waals surface area contributed by atoms with Crippen LogP contribution < -0.4 is 5.32 Å². The Kier molecular flexibility index (Phi) is 9.98. The molecule has 38 heavy (non-hydrogen) atoms. The quantitative estimate of drug-likeness (QED) is 0.299. The number of hydrogen-bond donors (Lipinski definition) is 3. The Hall–Kier alpha value is -2.67. The number of hydrogen-bond acceptors (Lipinski definition) is 4. The zero-order valence-corrected chi connectivity index (χ0v) is 25.8. The molecule has 2 atom stereocenters. The number of carbonyl (C=O) groups is 2. The number of likely N-dealkylation sites (tertiary alicyclic amines) is 1. The summed E-state index contributed by atoms with van der Waals surface area (Å²) in [4.78, 5) is 27.4. The van der Waals surface area contributed by atoms with Crippen LogP contribution in [0.15, 0.2) is 36.4 Å². The van der Waals surface area contributed by atoms with Gasteiger partial charge in [-0.25, -0.2) is 0 Å². The molecule has 3 N–H and O–H groups in total. The number of Topliss-reactive ketones (excluding diaryl/α,β-unsaturated/α-hetero) is 1. The second kappa shape index (κ2) is 12.0. The van der Waals surface area contributed by atoms with Crippen LogP contribution in [0.4, 0.5) is 5.69 Å². The van der Waals surface area contributed by atoms with Crippen LogP contribution in [-0.4, -0.2) is 40.6 Å². The molecule has 0 spiro atoms. The van der Waals surface area contributed by atoms with Crippen LogP contribution in [0, 0.1) is 11.3 Å². The van der Waals surface area contributed by atoms with Gasteiger partial charge in [0.1, 0.15) is 11.6 Å². The summed E-state index contributed by atoms with van der Waals surface area (Å²) < 4.78 is 0. The fraction of sp³-hybridized carbons (Fsp3) is 0.516. The Morgan fingerprint density at radius 1 is 1.05 bits per heavy atom. The molecular weight excluding hydrogens is 542 g/mol. The van der Waals surface area contributed by atoms with Gasteiger partial charge in [0.05, 0.1) is 6.54 Å². The molecule has 0 aromatic heterocycles. The number of amides is 1. The molecule has 1 fully saturated rings. The lowest BCUT2D eigenvalue weighted by Crippen LogP contribution is -2.32. The minimum atomic E-state index is -0.328. The summed E-state index contributed by atoms with van der Waals surface area (Å²) in [6, 6.07) is 11.3. The third-order valence-corrected chi connectivity index (χ3v) is 7.21. The third-order valence-electron chi connectivity index (χ3n) is 7.21. The van der Waals surface area contributed by atoms with Crippen molar-refractivity contribution >= 4 is 40.2 Å². The predicted octanol–water partition coefficient (Wildman–Crippen LogP) is 7.20. The van der Waals surface area contributed by atoms with Crippen molar-refractivity contribution in [2.75, 3.05) is 18.4 Å². The standard InChI is InChI=1S/C31H43N3O3.BrH/c1-9-12-20-17-34(29(32)27(20)22-13-10-11-14-25(22)33-19(2)35)18-26(36)21-15-23(30(3,4)5)28(37)24(16-21)31(6,7)8;/h10-11,13-16,20,27,32,37H,9,12,17-18H2,1-8H3,(H,33,35);1H. The lowest BCUT2D eigenvalue weighted by atomic mass is 9.78. The molecule has 1 aliphatic heterocycles. The number of aromatic hydroxyl groups is 1. The number of ketones is 1. The van der Waals surface area contributed by atoms with E-state index in [0.29, 0.717) is 17.9 Å². The monoisotopic (exact) mass is 585 g/mol. The van der Waals surface area contributed by atoms with Crippen LogP contribution in [0.1, 0.15) is 101 Å². The Morgan fingerprint density at radius 2 is 1.61 bits per heavy atom. The topological polar surface area (TPSA) is 93.5 Å². The maximum absolute atomic E-state index is 13.7. The van der Waals surface area contributed by atoms with Crippen LogP contribution >= 0.6 is 17.0 Å². The van der Waals surface area contributed by atoms with E-state index in [1.54, 1.807) is 0 Å². The Balaban J connectivity index is 0.00000507. The van der Waals surface area contributed by atoms with Crippen molar-refractivity contribution in [1.29, 1.82) is 5.41 Å². The second-order valence-electron chi connectivity index (χ2n) is 12.4. The zero-order chi connectivity index (χ0) is 27.7. The molecule has 208 valence electrons. The predicted molar refractivity (Wildman–Crippen MR) is 161 cm³/mol. The van der Waals surface area contributed by atoms with Gasteiger partial charge in [0, 0.05) is 41.8 Å². The first kappa shape index (κ1) is 31.5. The molecular formula is C31H44BrN3O3. The highest BCUT2D eigenvalue weighted by Crippen LogP contribution is 2.42. The molecule has 1 saturated heterocycles. The average Bonchev–Trinajstić information content (AvgIpc) is 3.07. The summed E-state index contributed by atoms with van der Waals surface area (Å²) in [7, 11) is 0. The molecule has 1 aliphatic rings. The van der Waals surface area contributed by atoms with Crippen molar-refractivity contribution in [3.8, 4) is 5.75 Å². The molecule has 2 aromatic carbocycles. The summed E-state index contributed by atoms with van der Waals surface area (Å²) in [5.41, 5.74) is 3.07. The van der Waals surface area contributed by atoms with Crippen molar-refractivity contribution in [1.82, 2.24) is 4.90 Å². The van der Waals surface area contributed by atoms with Crippen molar-refractivity contribution in [2.45, 2.75) is 85.0 Å². The third kappa shape index (κ3) is 6.85. The maximum Gasteiger partial charge on any atom is 0.221 e. The number of anilines is 1. The van der Waals surface area contributed by atoms with Crippen LogP contribution in [0.5, 0.6) is 5.75 Å². The van der Waals surface area contributed by atoms with Gasteiger partial charge in [0.2, 0.25) is 5.91 Å². The number of amidine groups is 1. The van der Waals surface area contributed by atoms with E-state index in [2.05, 4.69) is 12.2 Å². The van der Waals surface area contributed by atoms with E-state index in [0.717, 1.165) is 35.2 Å². The molecule has 2 aromatic rings. The zero-order valence-electron chi connectivity index (χ0n) is 24.1. The number of phenolic OH excluding ortho intramolecular Hbond substituents is 1. The summed E-state index contributed by atoms with van der Waals surface area (Å²) in [5.74, 6) is 0.444. The van der Waals surface area contributed by atoms with E-state index in [9.17, 15) is 14.7 Å². The molecule has 0 saturated carbocycles. The number of para-hydroxylation sites is 1. The van der Waals surface area contributed by atoms with Gasteiger partial charge in [-0.3, -0.25) is 15.0 Å². The number of halogens is 1. The lowest BCUT2D eigenvalue weighted by Gasteiger charge is -2.28. The van der Waals surface area contributed by atoms with Crippen LogP contribution in [0.3, 0.4) is 0 Å². The molecule has 2 unspecified atom stereocenters. The first-order valence-electron chi connectivity index (χ1n) is 13.3. The fourth-order valence-electron chi connectivity index (χ4n) is 5.36. The molecule has 3 rings (SSSR count). The van der Waals surface area contributed by atoms with Crippen molar-refractivity contribution in [3.63, 3.8) is 0 Å². The molecule has 0 bridgehead atoms. The molecule has 1 heterocycles. The first-order chi connectivity index (χ1) is 17.1. The maximum atomic E-state index is 13.7. The highest BCUT2D eigenvalue weighted by molar-refractivity contribution is 8.93. The molecule has 1 amide bonds. The summed E-state index contributed by atoms with van der Waals surface area (Å²) in [5, 5.41) is 23.0. The molecule has 0 radical (unpaired) electrons. The van der Waals surface area contributed by atoms with Crippen molar-refractivity contribution in [2.24, 2.45) is 5.92 Å². The number of carbonyl (C=O) groups excluding carboxylic acids is 2. The van der Waals surface area contributed by atoms with E-state index in [1.807, 2.05) is 82.8 Å². The number of phenols is 1. The van der Waals surface area contributed by atoms with Gasteiger partial charge in [0.25, 0.3) is 0 Å². The van der Waals surface area contributed by atoms with Gasteiger partial charge in [-0.05, 0) is 46.9 Å². The molecule has 6 nitrogen and oxygen atoms in total. The Labute approximate surface area is 238 Å². The number of rotatable bonds is 7. The van der Waals surface area contributed by atoms with Crippen LogP contribution in [0.2, 0.25) is 0 Å². The lowest BCUT2D eigenvalue weighted by molar-refractivity contribution is -0.114. The number of nitrogens with one attached hydrogen (secondary N) is 2. The van der Waals surface area contributed by atoms with E-state index < -0.39 is 0 Å². The van der Waals surface area contributed by atoms with Gasteiger partial charge < -0.3 is 15.3 Å². The highest BCUT2D eigenvalue weighted by Gasteiger charge is 2.40. The molecule has 7 heteroatoms. The van der Waals surface area contributed by atoms with Crippen LogP contribution in [-0.2, 0) is 15.6 Å². The number of benzene rings is 2. The smallest absolute Gasteiger partial charge is 0.221 e. The van der Waals surface area contributed by atoms with Gasteiger partial charge in [-0.2, -0.15) is 0 Å². The first-order valence-corrected chi connectivity index (χ1v) is 13.3. The van der Waals surface area contributed by atoms with Gasteiger partial charge in [-0.1, -0.05) is 73.1 Å². The highest BCUT2D eigenvalue weighted by atomic mass is 79.9.